The lowest BCUT2D eigenvalue weighted by molar-refractivity contribution is 0.796. The number of benzene rings is 1. The van der Waals surface area contributed by atoms with Crippen molar-refractivity contribution in [3.63, 3.8) is 0 Å². The third-order valence-electron chi connectivity index (χ3n) is 1.89. The number of nitrogens with two attached hydrogens (primary N) is 1. The Bertz CT molecular complexity index is 208. The molecule has 2 heteroatoms. The Morgan fingerprint density at radius 2 is 1.92 bits per heavy atom. The van der Waals surface area contributed by atoms with E-state index in [2.05, 4.69) is 24.1 Å². The van der Waals surface area contributed by atoms with Crippen LogP contribution in [0.25, 0.3) is 0 Å². The summed E-state index contributed by atoms with van der Waals surface area (Å²) in [6.07, 6.45) is 1.05. The van der Waals surface area contributed by atoms with Crippen LogP contribution in [0.15, 0.2) is 30.3 Å². The van der Waals surface area contributed by atoms with Crippen molar-refractivity contribution < 1.29 is 0 Å². The van der Waals surface area contributed by atoms with Crippen LogP contribution >= 0.6 is 0 Å². The third kappa shape index (κ3) is 2.55. The average molecular weight is 164 g/mol. The highest BCUT2D eigenvalue weighted by Gasteiger charge is 1.96. The van der Waals surface area contributed by atoms with Crippen LogP contribution < -0.4 is 10.6 Å². The summed E-state index contributed by atoms with van der Waals surface area (Å²) in [7, 11) is 2.09. The number of nitrogens with zero attached hydrogens (tertiary/aromatic N) is 1. The van der Waals surface area contributed by atoms with E-state index in [9.17, 15) is 0 Å². The zero-order valence-electron chi connectivity index (χ0n) is 7.53. The van der Waals surface area contributed by atoms with Crippen LogP contribution in [0.4, 0.5) is 5.69 Å². The maximum atomic E-state index is 5.43. The van der Waals surface area contributed by atoms with E-state index >= 15 is 0 Å². The Kier molecular flexibility index (Phi) is 3.61. The summed E-state index contributed by atoms with van der Waals surface area (Å²) in [4.78, 5) is 2.22. The van der Waals surface area contributed by atoms with Crippen LogP contribution in [0.1, 0.15) is 6.42 Å². The summed E-state index contributed by atoms with van der Waals surface area (Å²) < 4.78 is 0. The summed E-state index contributed by atoms with van der Waals surface area (Å²) >= 11 is 0. The zero-order valence-corrected chi connectivity index (χ0v) is 7.53. The summed E-state index contributed by atoms with van der Waals surface area (Å²) in [5.41, 5.74) is 6.68. The van der Waals surface area contributed by atoms with E-state index in [0.717, 1.165) is 19.5 Å². The monoisotopic (exact) mass is 164 g/mol. The maximum Gasteiger partial charge on any atom is 0.0363 e. The highest BCUT2D eigenvalue weighted by molar-refractivity contribution is 5.44. The predicted octanol–water partition coefficient (Wildman–Crippen LogP) is 1.47. The van der Waals surface area contributed by atoms with Gasteiger partial charge in [-0.15, -0.1) is 0 Å². The Morgan fingerprint density at radius 3 is 2.50 bits per heavy atom. The van der Waals surface area contributed by atoms with Crippen LogP contribution in [-0.4, -0.2) is 20.1 Å². The topological polar surface area (TPSA) is 29.3 Å². The molecule has 0 spiro atoms. The van der Waals surface area contributed by atoms with Crippen molar-refractivity contribution in [1.82, 2.24) is 0 Å². The van der Waals surface area contributed by atoms with E-state index in [1.54, 1.807) is 0 Å². The first-order valence-corrected chi connectivity index (χ1v) is 4.31. The van der Waals surface area contributed by atoms with Gasteiger partial charge in [0.2, 0.25) is 0 Å². The Hall–Kier alpha value is -1.02. The fourth-order valence-corrected chi connectivity index (χ4v) is 1.14. The normalized spacial score (nSPS) is 9.83. The van der Waals surface area contributed by atoms with Gasteiger partial charge < -0.3 is 10.6 Å². The molecule has 0 aromatic heterocycles. The van der Waals surface area contributed by atoms with Gasteiger partial charge in [0.1, 0.15) is 0 Å². The lowest BCUT2D eigenvalue weighted by Crippen LogP contribution is -2.20. The molecule has 0 aliphatic heterocycles. The van der Waals surface area contributed by atoms with E-state index in [1.807, 2.05) is 18.2 Å². The first kappa shape index (κ1) is 9.07. The molecule has 0 aliphatic carbocycles. The molecule has 0 amide bonds. The quantitative estimate of drug-likeness (QED) is 0.730. The standard InChI is InChI=1S/C10H16N2/c1-12(9-5-8-11)10-6-3-2-4-7-10/h2-4,6-7H,5,8-9,11H2,1H3. The van der Waals surface area contributed by atoms with Crippen molar-refractivity contribution in [2.24, 2.45) is 5.73 Å². The molecule has 0 unspecified atom stereocenters. The predicted molar refractivity (Wildman–Crippen MR) is 53.4 cm³/mol. The molecule has 2 nitrogen and oxygen atoms in total. The summed E-state index contributed by atoms with van der Waals surface area (Å²) in [5.74, 6) is 0. The van der Waals surface area contributed by atoms with E-state index in [0.29, 0.717) is 0 Å². The summed E-state index contributed by atoms with van der Waals surface area (Å²) in [5, 5.41) is 0. The second-order valence-electron chi connectivity index (χ2n) is 2.90. The molecular formula is C10H16N2. The Balaban J connectivity index is 2.48. The van der Waals surface area contributed by atoms with Crippen LogP contribution in [0, 0.1) is 0 Å². The lowest BCUT2D eigenvalue weighted by Gasteiger charge is -2.18. The van der Waals surface area contributed by atoms with Crippen molar-refractivity contribution in [1.29, 1.82) is 0 Å². The third-order valence-corrected chi connectivity index (χ3v) is 1.89. The van der Waals surface area contributed by atoms with Gasteiger partial charge in [0, 0.05) is 19.3 Å². The lowest BCUT2D eigenvalue weighted by atomic mass is 10.3. The molecule has 0 aliphatic rings. The fourth-order valence-electron chi connectivity index (χ4n) is 1.14. The molecule has 2 N–H and O–H groups in total. The number of hydrogen-bond donors (Lipinski definition) is 1. The molecular weight excluding hydrogens is 148 g/mol. The SMILES string of the molecule is CN(CCCN)c1ccccc1. The van der Waals surface area contributed by atoms with Gasteiger partial charge >= 0.3 is 0 Å². The maximum absolute atomic E-state index is 5.43. The average Bonchev–Trinajstić information content (AvgIpc) is 2.15. The van der Waals surface area contributed by atoms with E-state index in [-0.39, 0.29) is 0 Å². The summed E-state index contributed by atoms with van der Waals surface area (Å²) in [6, 6.07) is 10.3. The molecule has 12 heavy (non-hydrogen) atoms. The molecule has 1 aromatic carbocycles. The van der Waals surface area contributed by atoms with Crippen molar-refractivity contribution in [3.05, 3.63) is 30.3 Å². The van der Waals surface area contributed by atoms with E-state index in [4.69, 9.17) is 5.73 Å². The highest BCUT2D eigenvalue weighted by Crippen LogP contribution is 2.10. The number of hydrogen-bond acceptors (Lipinski definition) is 2. The van der Waals surface area contributed by atoms with Crippen molar-refractivity contribution in [3.8, 4) is 0 Å². The highest BCUT2D eigenvalue weighted by atomic mass is 15.1. The molecule has 0 bridgehead atoms. The van der Waals surface area contributed by atoms with Gasteiger partial charge in [-0.3, -0.25) is 0 Å². The molecule has 0 saturated carbocycles. The van der Waals surface area contributed by atoms with Crippen molar-refractivity contribution in [2.75, 3.05) is 25.0 Å². The molecule has 0 atom stereocenters. The van der Waals surface area contributed by atoms with E-state index in [1.165, 1.54) is 5.69 Å². The second-order valence-corrected chi connectivity index (χ2v) is 2.90. The first-order valence-electron chi connectivity index (χ1n) is 4.31. The molecule has 66 valence electrons. The van der Waals surface area contributed by atoms with Gasteiger partial charge in [-0.2, -0.15) is 0 Å². The molecule has 0 radical (unpaired) electrons. The Labute approximate surface area is 74.0 Å². The van der Waals surface area contributed by atoms with Gasteiger partial charge in [-0.1, -0.05) is 18.2 Å². The number of rotatable bonds is 4. The summed E-state index contributed by atoms with van der Waals surface area (Å²) in [6.45, 7) is 1.79. The van der Waals surface area contributed by atoms with Gasteiger partial charge in [0.15, 0.2) is 0 Å². The number of para-hydroxylation sites is 1. The van der Waals surface area contributed by atoms with Crippen LogP contribution in [-0.2, 0) is 0 Å². The number of anilines is 1. The molecule has 1 rings (SSSR count). The molecule has 0 fully saturated rings. The minimum atomic E-state index is 0.761. The van der Waals surface area contributed by atoms with Gasteiger partial charge in [-0.25, -0.2) is 0 Å². The fraction of sp³-hybridized carbons (Fsp3) is 0.400. The van der Waals surface area contributed by atoms with Gasteiger partial charge in [0.05, 0.1) is 0 Å². The minimum Gasteiger partial charge on any atom is -0.375 e. The Morgan fingerprint density at radius 1 is 1.25 bits per heavy atom. The smallest absolute Gasteiger partial charge is 0.0363 e. The van der Waals surface area contributed by atoms with Crippen molar-refractivity contribution in [2.45, 2.75) is 6.42 Å². The van der Waals surface area contributed by atoms with Gasteiger partial charge in [-0.05, 0) is 25.1 Å². The van der Waals surface area contributed by atoms with Crippen LogP contribution in [0.5, 0.6) is 0 Å². The largest absolute Gasteiger partial charge is 0.375 e. The molecule has 1 aromatic rings. The zero-order chi connectivity index (χ0) is 8.81. The molecule has 0 heterocycles. The van der Waals surface area contributed by atoms with Gasteiger partial charge in [0.25, 0.3) is 0 Å². The van der Waals surface area contributed by atoms with Crippen molar-refractivity contribution >= 4 is 5.69 Å². The van der Waals surface area contributed by atoms with E-state index < -0.39 is 0 Å². The first-order chi connectivity index (χ1) is 5.84. The second kappa shape index (κ2) is 4.78. The van der Waals surface area contributed by atoms with Crippen LogP contribution in [0.2, 0.25) is 0 Å². The minimum absolute atomic E-state index is 0.761. The molecule has 0 saturated heterocycles. The van der Waals surface area contributed by atoms with Crippen LogP contribution in [0.3, 0.4) is 0 Å².